The summed E-state index contributed by atoms with van der Waals surface area (Å²) in [5.41, 5.74) is 2.80. The van der Waals surface area contributed by atoms with Crippen molar-refractivity contribution >= 4 is 10.9 Å². The molecule has 0 aliphatic carbocycles. The molecule has 2 aliphatic rings. The largest absolute Gasteiger partial charge is 0.300 e. The SMILES string of the molecule is CN1C2CCC1CC(n1cc(-n3cc(-c4n[nH]c5ccc(F)cc45)nn3)cn1)C2. The second kappa shape index (κ2) is 6.21. The van der Waals surface area contributed by atoms with Crippen LogP contribution in [0.25, 0.3) is 28.0 Å². The molecule has 6 rings (SSSR count). The van der Waals surface area contributed by atoms with Crippen molar-refractivity contribution in [2.45, 2.75) is 43.8 Å². The highest BCUT2D eigenvalue weighted by Gasteiger charge is 2.39. The fourth-order valence-corrected chi connectivity index (χ4v) is 4.92. The first-order valence-electron chi connectivity index (χ1n) is 9.98. The first-order valence-corrected chi connectivity index (χ1v) is 9.98. The lowest BCUT2D eigenvalue weighted by molar-refractivity contribution is 0.131. The molecule has 2 unspecified atom stereocenters. The summed E-state index contributed by atoms with van der Waals surface area (Å²) in [7, 11) is 2.24. The van der Waals surface area contributed by atoms with Gasteiger partial charge in [0.15, 0.2) is 0 Å². The molecule has 1 N–H and O–H groups in total. The number of piperidine rings is 1. The molecule has 0 spiro atoms. The Morgan fingerprint density at radius 3 is 2.76 bits per heavy atom. The molecule has 2 atom stereocenters. The average molecular weight is 392 g/mol. The van der Waals surface area contributed by atoms with E-state index in [0.29, 0.717) is 34.9 Å². The first kappa shape index (κ1) is 16.8. The number of halogens is 1. The third kappa shape index (κ3) is 2.68. The van der Waals surface area contributed by atoms with Crippen LogP contribution in [0.5, 0.6) is 0 Å². The molecule has 8 nitrogen and oxygen atoms in total. The lowest BCUT2D eigenvalue weighted by Crippen LogP contribution is -2.40. The molecule has 4 aromatic rings. The molecule has 2 saturated heterocycles. The maximum atomic E-state index is 13.6. The van der Waals surface area contributed by atoms with Gasteiger partial charge in [0.05, 0.1) is 30.1 Å². The van der Waals surface area contributed by atoms with Crippen molar-refractivity contribution < 1.29 is 4.39 Å². The summed E-state index contributed by atoms with van der Waals surface area (Å²) in [6.45, 7) is 0. The summed E-state index contributed by atoms with van der Waals surface area (Å²) in [6.07, 6.45) is 10.5. The van der Waals surface area contributed by atoms with E-state index in [-0.39, 0.29) is 5.82 Å². The van der Waals surface area contributed by atoms with Crippen molar-refractivity contribution in [1.29, 1.82) is 0 Å². The third-order valence-electron chi connectivity index (χ3n) is 6.56. The van der Waals surface area contributed by atoms with Crippen molar-refractivity contribution in [3.8, 4) is 17.1 Å². The van der Waals surface area contributed by atoms with E-state index in [1.54, 1.807) is 16.9 Å². The minimum atomic E-state index is -0.305. The summed E-state index contributed by atoms with van der Waals surface area (Å²) in [6, 6.07) is 6.29. The standard InChI is InChI=1S/C20H21FN8/c1-27-13-3-4-14(27)8-15(7-13)28-10-16(9-22-28)29-11-19(24-26-29)20-17-6-12(21)2-5-18(17)23-25-20/h2,5-6,9-11,13-15H,3-4,7-8H2,1H3,(H,23,25). The molecular formula is C20H21FN8. The Morgan fingerprint density at radius 2 is 1.93 bits per heavy atom. The van der Waals surface area contributed by atoms with Crippen LogP contribution in [0.4, 0.5) is 4.39 Å². The Labute approximate surface area is 166 Å². The number of nitrogens with zero attached hydrogens (tertiary/aromatic N) is 7. The van der Waals surface area contributed by atoms with E-state index >= 15 is 0 Å². The van der Waals surface area contributed by atoms with Crippen LogP contribution >= 0.6 is 0 Å². The molecule has 0 amide bonds. The Balaban J connectivity index is 1.28. The van der Waals surface area contributed by atoms with Gasteiger partial charge in [0.2, 0.25) is 0 Å². The Morgan fingerprint density at radius 1 is 1.10 bits per heavy atom. The smallest absolute Gasteiger partial charge is 0.134 e. The molecule has 2 fully saturated rings. The Hall–Kier alpha value is -3.07. The summed E-state index contributed by atoms with van der Waals surface area (Å²) >= 11 is 0. The van der Waals surface area contributed by atoms with E-state index in [1.807, 2.05) is 12.4 Å². The van der Waals surface area contributed by atoms with Crippen LogP contribution in [0.1, 0.15) is 31.7 Å². The fraction of sp³-hybridized carbons (Fsp3) is 0.400. The topological polar surface area (TPSA) is 80.5 Å². The molecule has 29 heavy (non-hydrogen) atoms. The number of aromatic nitrogens is 7. The molecule has 1 aromatic carbocycles. The molecule has 0 saturated carbocycles. The number of hydrogen-bond acceptors (Lipinski definition) is 5. The first-order chi connectivity index (χ1) is 14.2. The van der Waals surface area contributed by atoms with Crippen LogP contribution in [0.2, 0.25) is 0 Å². The van der Waals surface area contributed by atoms with Crippen LogP contribution in [-0.2, 0) is 0 Å². The molecule has 9 heteroatoms. The van der Waals surface area contributed by atoms with Crippen molar-refractivity contribution in [3.05, 3.63) is 42.6 Å². The van der Waals surface area contributed by atoms with Gasteiger partial charge in [-0.1, -0.05) is 5.21 Å². The highest BCUT2D eigenvalue weighted by atomic mass is 19.1. The summed E-state index contributed by atoms with van der Waals surface area (Å²) in [5.74, 6) is -0.305. The lowest BCUT2D eigenvalue weighted by Gasteiger charge is -2.36. The van der Waals surface area contributed by atoms with Gasteiger partial charge in [-0.15, -0.1) is 5.10 Å². The molecule has 148 valence electrons. The monoisotopic (exact) mass is 392 g/mol. The van der Waals surface area contributed by atoms with Gasteiger partial charge in [-0.2, -0.15) is 10.2 Å². The van der Waals surface area contributed by atoms with E-state index in [9.17, 15) is 4.39 Å². The molecule has 5 heterocycles. The van der Waals surface area contributed by atoms with E-state index in [0.717, 1.165) is 24.0 Å². The minimum absolute atomic E-state index is 0.305. The predicted octanol–water partition coefficient (Wildman–Crippen LogP) is 2.94. The lowest BCUT2D eigenvalue weighted by atomic mass is 9.98. The predicted molar refractivity (Wildman–Crippen MR) is 105 cm³/mol. The van der Waals surface area contributed by atoms with Gasteiger partial charge in [-0.25, -0.2) is 9.07 Å². The highest BCUT2D eigenvalue weighted by molar-refractivity contribution is 5.91. The zero-order valence-electron chi connectivity index (χ0n) is 16.0. The number of rotatable bonds is 3. The second-order valence-corrected chi connectivity index (χ2v) is 8.16. The van der Waals surface area contributed by atoms with Crippen LogP contribution in [0, 0.1) is 5.82 Å². The summed E-state index contributed by atoms with van der Waals surface area (Å²) in [4.78, 5) is 2.53. The maximum Gasteiger partial charge on any atom is 0.134 e. The number of H-pyrrole nitrogens is 1. The fourth-order valence-electron chi connectivity index (χ4n) is 4.92. The zero-order chi connectivity index (χ0) is 19.5. The number of hydrogen-bond donors (Lipinski definition) is 1. The normalized spacial score (nSPS) is 24.6. The third-order valence-corrected chi connectivity index (χ3v) is 6.56. The van der Waals surface area contributed by atoms with E-state index in [1.165, 1.54) is 25.0 Å². The van der Waals surface area contributed by atoms with Gasteiger partial charge >= 0.3 is 0 Å². The van der Waals surface area contributed by atoms with E-state index in [2.05, 4.69) is 42.2 Å². The van der Waals surface area contributed by atoms with Crippen molar-refractivity contribution in [3.63, 3.8) is 0 Å². The van der Waals surface area contributed by atoms with E-state index < -0.39 is 0 Å². The average Bonchev–Trinajstić information content (AvgIpc) is 3.48. The highest BCUT2D eigenvalue weighted by Crippen LogP contribution is 2.39. The number of nitrogens with one attached hydrogen (secondary N) is 1. The van der Waals surface area contributed by atoms with Crippen molar-refractivity contribution in [2.24, 2.45) is 0 Å². The zero-order valence-corrected chi connectivity index (χ0v) is 16.0. The van der Waals surface area contributed by atoms with Gasteiger partial charge in [-0.05, 0) is 50.9 Å². The maximum absolute atomic E-state index is 13.6. The van der Waals surface area contributed by atoms with Crippen LogP contribution in [-0.4, -0.2) is 59.0 Å². The van der Waals surface area contributed by atoms with Crippen molar-refractivity contribution in [2.75, 3.05) is 7.05 Å². The van der Waals surface area contributed by atoms with Gasteiger partial charge in [0, 0.05) is 17.5 Å². The quantitative estimate of drug-likeness (QED) is 0.580. The summed E-state index contributed by atoms with van der Waals surface area (Å²) in [5, 5.41) is 21.0. The van der Waals surface area contributed by atoms with Crippen LogP contribution in [0.15, 0.2) is 36.8 Å². The molecular weight excluding hydrogens is 371 g/mol. The van der Waals surface area contributed by atoms with Crippen LogP contribution < -0.4 is 0 Å². The number of aromatic amines is 1. The molecule has 3 aromatic heterocycles. The van der Waals surface area contributed by atoms with Gasteiger partial charge in [-0.3, -0.25) is 9.78 Å². The molecule has 2 bridgehead atoms. The van der Waals surface area contributed by atoms with Gasteiger partial charge in [0.25, 0.3) is 0 Å². The Bertz CT molecular complexity index is 1180. The van der Waals surface area contributed by atoms with Gasteiger partial charge in [0.1, 0.15) is 22.9 Å². The summed E-state index contributed by atoms with van der Waals surface area (Å²) < 4.78 is 17.4. The molecule has 2 aliphatic heterocycles. The van der Waals surface area contributed by atoms with Gasteiger partial charge < -0.3 is 4.90 Å². The number of fused-ring (bicyclic) bond motifs is 3. The van der Waals surface area contributed by atoms with E-state index in [4.69, 9.17) is 0 Å². The van der Waals surface area contributed by atoms with Crippen LogP contribution in [0.3, 0.4) is 0 Å². The minimum Gasteiger partial charge on any atom is -0.300 e. The number of benzene rings is 1. The second-order valence-electron chi connectivity index (χ2n) is 8.16. The molecule has 0 radical (unpaired) electrons. The van der Waals surface area contributed by atoms with Crippen molar-refractivity contribution in [1.82, 2.24) is 39.9 Å². The Kier molecular flexibility index (Phi) is 3.61.